The highest BCUT2D eigenvalue weighted by atomic mass is 79.9. The van der Waals surface area contributed by atoms with Crippen molar-refractivity contribution in [2.24, 2.45) is 0 Å². The Kier molecular flexibility index (Phi) is 14.0. The summed E-state index contributed by atoms with van der Waals surface area (Å²) in [5.74, 6) is 0.577. The van der Waals surface area contributed by atoms with E-state index < -0.39 is 7.92 Å². The van der Waals surface area contributed by atoms with Crippen LogP contribution < -0.4 is 20.8 Å². The summed E-state index contributed by atoms with van der Waals surface area (Å²) < 4.78 is 1.04. The average molecular weight is 1070 g/mol. The molecule has 13 rings (SSSR count). The Balaban J connectivity index is 0.000000119. The Hall–Kier alpha value is -7.45. The second-order valence-electron chi connectivity index (χ2n) is 17.6. The normalized spacial score (nSPS) is 11.5. The molecule has 12 aromatic rings. The Morgan fingerprint density at radius 3 is 1.70 bits per heavy atom. The highest BCUT2D eigenvalue weighted by Gasteiger charge is 2.24. The summed E-state index contributed by atoms with van der Waals surface area (Å²) in [6.45, 7) is 0. The summed E-state index contributed by atoms with van der Waals surface area (Å²) in [5, 5.41) is 28.1. The number of pyridine rings is 2. The molecule has 0 amide bonds. The van der Waals surface area contributed by atoms with Crippen LogP contribution in [0.5, 0.6) is 11.5 Å². The van der Waals surface area contributed by atoms with Crippen molar-refractivity contribution in [1.82, 2.24) is 9.97 Å². The summed E-state index contributed by atoms with van der Waals surface area (Å²) in [6.07, 6.45) is 0. The van der Waals surface area contributed by atoms with Crippen molar-refractivity contribution >= 4 is 113 Å². The Morgan fingerprint density at radius 1 is 0.466 bits per heavy atom. The van der Waals surface area contributed by atoms with E-state index in [1.54, 1.807) is 41.7 Å². The maximum atomic E-state index is 9.84. The fourth-order valence-corrected chi connectivity index (χ4v) is 14.8. The van der Waals surface area contributed by atoms with Crippen molar-refractivity contribution < 1.29 is 10.2 Å². The van der Waals surface area contributed by atoms with Crippen LogP contribution in [0.15, 0.2) is 261 Å². The monoisotopic (exact) mass is 1060 g/mol. The molecule has 0 unspecified atom stereocenters. The predicted molar refractivity (Wildman–Crippen MR) is 315 cm³/mol. The van der Waals surface area contributed by atoms with Gasteiger partial charge in [-0.15, -0.1) is 0 Å². The Morgan fingerprint density at radius 2 is 1.00 bits per heavy atom. The predicted octanol–water partition coefficient (Wildman–Crippen LogP) is 16.4. The van der Waals surface area contributed by atoms with Crippen LogP contribution in [0.4, 0.5) is 5.69 Å². The van der Waals surface area contributed by atoms with Crippen LogP contribution in [0, 0.1) is 0 Å². The van der Waals surface area contributed by atoms with Gasteiger partial charge in [0.1, 0.15) is 11.5 Å². The first-order chi connectivity index (χ1) is 35.8. The number of phenolic OH excluding ortho intramolecular Hbond substituents is 2. The van der Waals surface area contributed by atoms with Crippen molar-refractivity contribution in [1.29, 1.82) is 0 Å². The van der Waals surface area contributed by atoms with E-state index >= 15 is 0 Å². The number of halogens is 1. The van der Waals surface area contributed by atoms with Gasteiger partial charge in [-0.3, -0.25) is 0 Å². The molecule has 9 heteroatoms. The van der Waals surface area contributed by atoms with E-state index in [-0.39, 0.29) is 5.75 Å². The van der Waals surface area contributed by atoms with Gasteiger partial charge in [0, 0.05) is 70.9 Å². The quantitative estimate of drug-likeness (QED) is 0.122. The van der Waals surface area contributed by atoms with E-state index in [0.717, 1.165) is 53.3 Å². The van der Waals surface area contributed by atoms with Gasteiger partial charge in [-0.05, 0) is 119 Å². The summed E-state index contributed by atoms with van der Waals surface area (Å²) in [4.78, 5) is 16.4. The van der Waals surface area contributed by atoms with Crippen LogP contribution in [0.3, 0.4) is 0 Å². The van der Waals surface area contributed by atoms with Crippen LogP contribution in [-0.2, 0) is 0 Å². The first kappa shape index (κ1) is 47.9. The highest BCUT2D eigenvalue weighted by Crippen LogP contribution is 2.51. The molecule has 2 N–H and O–H groups in total. The summed E-state index contributed by atoms with van der Waals surface area (Å²) in [5.41, 5.74) is 10.1. The molecule has 10 aromatic carbocycles. The summed E-state index contributed by atoms with van der Waals surface area (Å²) >= 11 is 7.12. The van der Waals surface area contributed by atoms with E-state index in [0.29, 0.717) is 5.75 Å². The van der Waals surface area contributed by atoms with Crippen LogP contribution in [0.1, 0.15) is 0 Å². The molecule has 1 aliphatic rings. The lowest BCUT2D eigenvalue weighted by atomic mass is 9.98. The molecule has 0 saturated carbocycles. The second kappa shape index (κ2) is 21.3. The van der Waals surface area contributed by atoms with E-state index in [2.05, 4.69) is 181 Å². The molecule has 3 heterocycles. The topological polar surface area (TPSA) is 69.5 Å². The third-order valence-electron chi connectivity index (χ3n) is 12.6. The van der Waals surface area contributed by atoms with Crippen molar-refractivity contribution in [2.45, 2.75) is 19.6 Å². The third-order valence-corrected chi connectivity index (χ3v) is 18.1. The van der Waals surface area contributed by atoms with Crippen LogP contribution in [0.2, 0.25) is 0 Å². The third kappa shape index (κ3) is 9.92. The second-order valence-corrected chi connectivity index (χ2v) is 22.7. The molecule has 0 atom stereocenters. The molecule has 0 aliphatic carbocycles. The minimum atomic E-state index is -0.641. The van der Waals surface area contributed by atoms with Gasteiger partial charge >= 0.3 is 0 Å². The molecule has 0 bridgehead atoms. The van der Waals surface area contributed by atoms with Gasteiger partial charge in [0.05, 0.1) is 22.1 Å². The zero-order valence-corrected chi connectivity index (χ0v) is 44.0. The minimum Gasteiger partial charge on any atom is -0.508 e. The van der Waals surface area contributed by atoms with Crippen molar-refractivity contribution in [3.63, 3.8) is 0 Å². The number of hydrogen-bond donors (Lipinski definition) is 2. The number of rotatable bonds is 7. The zero-order valence-electron chi connectivity index (χ0n) is 39.9. The Labute approximate surface area is 443 Å². The van der Waals surface area contributed by atoms with Gasteiger partial charge < -0.3 is 15.1 Å². The number of para-hydroxylation sites is 3. The SMILES string of the molecule is CN(C)c1ccccc1-c1ccccc1P(c1ccccc1)c1ccccc1.Oc1ccc(Sc2c3ccccc3nc3cccc(Br)c23)cc1.Oc1ccc2c(c1)-c1cccc3nc4ccccc4c(c13)S2. The van der Waals surface area contributed by atoms with Crippen LogP contribution in [-0.4, -0.2) is 34.3 Å². The fourth-order valence-electron chi connectivity index (χ4n) is 9.32. The average Bonchev–Trinajstić information content (AvgIpc) is 3.43. The standard InChI is InChI=1S/C26H24NP.C19H12BrNOS.C19H11NOS/c1-27(2)25-19-11-9-17-23(25)24-18-10-12-20-26(24)28(21-13-5-3-6-14-21)22-15-7-4-8-16-22;20-15-5-3-7-17-18(15)19(14-4-1-2-6-16(14)21-17)23-13-10-8-12(22)9-11-13;21-11-8-9-17-14(10-11)12-5-3-7-16-18(12)19(22-17)13-4-1-2-6-15(13)20-16/h3-20H,1-2H3;1-11,22H;1-10,21H. The molecule has 0 spiro atoms. The molecule has 73 heavy (non-hydrogen) atoms. The van der Waals surface area contributed by atoms with E-state index in [1.807, 2.05) is 72.8 Å². The molecule has 0 radical (unpaired) electrons. The first-order valence-corrected chi connectivity index (χ1v) is 27.6. The highest BCUT2D eigenvalue weighted by molar-refractivity contribution is 9.10. The molecule has 5 nitrogen and oxygen atoms in total. The molecule has 0 saturated heterocycles. The molecule has 2 aromatic heterocycles. The number of nitrogens with zero attached hydrogens (tertiary/aromatic N) is 3. The molecule has 1 aliphatic heterocycles. The molecular formula is C64H47BrN3O2PS2. The minimum absolute atomic E-state index is 0.278. The van der Waals surface area contributed by atoms with Gasteiger partial charge in [-0.1, -0.05) is 197 Å². The maximum Gasteiger partial charge on any atom is 0.116 e. The van der Waals surface area contributed by atoms with Crippen molar-refractivity contribution in [3.8, 4) is 33.8 Å². The summed E-state index contributed by atoms with van der Waals surface area (Å²) in [6, 6.07) is 80.9. The van der Waals surface area contributed by atoms with E-state index in [1.165, 1.54) is 58.2 Å². The number of fused-ring (bicyclic) bond motifs is 6. The number of phenols is 2. The number of anilines is 1. The van der Waals surface area contributed by atoms with Crippen LogP contribution >= 0.6 is 47.4 Å². The fraction of sp³-hybridized carbons (Fsp3) is 0.0312. The number of aromatic hydroxyl groups is 2. The number of hydrogen-bond acceptors (Lipinski definition) is 7. The molecular weight excluding hydrogens is 1020 g/mol. The van der Waals surface area contributed by atoms with Gasteiger partial charge in [-0.25, -0.2) is 9.97 Å². The van der Waals surface area contributed by atoms with Gasteiger partial charge in [0.15, 0.2) is 0 Å². The van der Waals surface area contributed by atoms with E-state index in [4.69, 9.17) is 9.97 Å². The number of benzene rings is 10. The molecule has 354 valence electrons. The van der Waals surface area contributed by atoms with Crippen molar-refractivity contribution in [2.75, 3.05) is 19.0 Å². The Bertz CT molecular complexity index is 3910. The maximum absolute atomic E-state index is 9.84. The van der Waals surface area contributed by atoms with Gasteiger partial charge in [0.25, 0.3) is 0 Å². The van der Waals surface area contributed by atoms with Gasteiger partial charge in [-0.2, -0.15) is 0 Å². The van der Waals surface area contributed by atoms with Crippen molar-refractivity contribution in [3.05, 3.63) is 241 Å². The lowest BCUT2D eigenvalue weighted by Gasteiger charge is -2.24. The first-order valence-electron chi connectivity index (χ1n) is 23.8. The van der Waals surface area contributed by atoms with Gasteiger partial charge in [0.2, 0.25) is 0 Å². The lowest BCUT2D eigenvalue weighted by Crippen LogP contribution is -2.22. The zero-order chi connectivity index (χ0) is 49.8. The van der Waals surface area contributed by atoms with E-state index in [9.17, 15) is 10.2 Å². The smallest absolute Gasteiger partial charge is 0.116 e. The number of aromatic nitrogens is 2. The summed E-state index contributed by atoms with van der Waals surface area (Å²) in [7, 11) is 3.58. The van der Waals surface area contributed by atoms with Crippen LogP contribution in [0.25, 0.3) is 65.9 Å². The molecule has 0 fully saturated rings. The lowest BCUT2D eigenvalue weighted by molar-refractivity contribution is 0.474. The largest absolute Gasteiger partial charge is 0.508 e.